The molecule has 1 aromatic heterocycles. The maximum atomic E-state index is 13.7. The van der Waals surface area contributed by atoms with Crippen molar-refractivity contribution >= 4 is 50.1 Å². The Morgan fingerprint density at radius 2 is 1.97 bits per heavy atom. The second-order valence-electron chi connectivity index (χ2n) is 8.57. The maximum absolute atomic E-state index is 13.7. The summed E-state index contributed by atoms with van der Waals surface area (Å²) in [5.74, 6) is -0.699. The van der Waals surface area contributed by atoms with E-state index in [9.17, 15) is 14.4 Å². The Morgan fingerprint density at radius 3 is 2.70 bits per heavy atom. The van der Waals surface area contributed by atoms with Crippen LogP contribution in [0.1, 0.15) is 47.2 Å². The molecule has 2 aliphatic heterocycles. The van der Waals surface area contributed by atoms with Crippen LogP contribution in [0, 0.1) is 13.8 Å². The zero-order valence-corrected chi connectivity index (χ0v) is 19.5. The quantitative estimate of drug-likeness (QED) is 0.524. The minimum atomic E-state index is -0.238. The number of carbonyl (C=O) groups excluding carboxylic acids is 3. The molecule has 0 saturated carbocycles. The molecule has 2 aromatic carbocycles. The van der Waals surface area contributed by atoms with Gasteiger partial charge in [-0.15, -0.1) is 0 Å². The van der Waals surface area contributed by atoms with Gasteiger partial charge in [-0.25, -0.2) is 4.98 Å². The number of nitrogens with zero attached hydrogens (tertiary/aromatic N) is 3. The lowest BCUT2D eigenvalue weighted by Gasteiger charge is -2.23. The molecule has 2 fully saturated rings. The molecular formula is C25H25N3O4S. The van der Waals surface area contributed by atoms with E-state index in [4.69, 9.17) is 9.72 Å². The van der Waals surface area contributed by atoms with Crippen molar-refractivity contribution in [3.05, 3.63) is 53.1 Å². The second-order valence-corrected chi connectivity index (χ2v) is 9.58. The van der Waals surface area contributed by atoms with Gasteiger partial charge in [0.25, 0.3) is 5.91 Å². The molecule has 2 aliphatic rings. The van der Waals surface area contributed by atoms with Gasteiger partial charge in [-0.05, 0) is 62.1 Å². The van der Waals surface area contributed by atoms with Crippen molar-refractivity contribution in [1.82, 2.24) is 4.98 Å². The summed E-state index contributed by atoms with van der Waals surface area (Å²) in [5.41, 5.74) is 4.00. The van der Waals surface area contributed by atoms with Crippen LogP contribution in [0.15, 0.2) is 36.4 Å². The average Bonchev–Trinajstić information content (AvgIpc) is 3.55. The fraction of sp³-hybridized carbons (Fsp3) is 0.360. The van der Waals surface area contributed by atoms with Crippen molar-refractivity contribution in [3.63, 3.8) is 0 Å². The van der Waals surface area contributed by atoms with Crippen molar-refractivity contribution in [2.75, 3.05) is 23.0 Å². The summed E-state index contributed by atoms with van der Waals surface area (Å²) in [4.78, 5) is 45.8. The third kappa shape index (κ3) is 4.05. The molecule has 0 radical (unpaired) electrons. The minimum absolute atomic E-state index is 0.0475. The number of hydrogen-bond donors (Lipinski definition) is 0. The molecule has 8 heteroatoms. The number of rotatable bonds is 5. The van der Waals surface area contributed by atoms with E-state index in [0.717, 1.165) is 34.2 Å². The number of anilines is 2. The standard InChI is InChI=1S/C25H25N3O4S/c1-15-8-9-20-23(16(15)2)26-25(33-20)27(14-19-7-4-12-32-19)24(31)17-5-3-6-18(13-17)28-21(29)10-11-22(28)30/h3,5-6,8-9,13,19H,4,7,10-12,14H2,1-2H3. The number of ether oxygens (including phenoxy) is 1. The molecule has 3 heterocycles. The number of fused-ring (bicyclic) bond motifs is 1. The fourth-order valence-electron chi connectivity index (χ4n) is 4.37. The Hall–Kier alpha value is -3.10. The first-order valence-electron chi connectivity index (χ1n) is 11.2. The van der Waals surface area contributed by atoms with Gasteiger partial charge < -0.3 is 4.74 Å². The lowest BCUT2D eigenvalue weighted by atomic mass is 10.1. The van der Waals surface area contributed by atoms with Crippen LogP contribution in [0.3, 0.4) is 0 Å². The Labute approximate surface area is 196 Å². The molecule has 1 unspecified atom stereocenters. The van der Waals surface area contributed by atoms with Crippen LogP contribution in [0.4, 0.5) is 10.8 Å². The molecule has 7 nitrogen and oxygen atoms in total. The van der Waals surface area contributed by atoms with Gasteiger partial charge in [0, 0.05) is 25.0 Å². The van der Waals surface area contributed by atoms with Gasteiger partial charge in [0.05, 0.1) is 28.6 Å². The smallest absolute Gasteiger partial charge is 0.260 e. The molecule has 0 N–H and O–H groups in total. The Kier molecular flexibility index (Phi) is 5.72. The summed E-state index contributed by atoms with van der Waals surface area (Å²) in [6.07, 6.45) is 2.22. The summed E-state index contributed by atoms with van der Waals surface area (Å²) in [5, 5.41) is 0.623. The summed E-state index contributed by atoms with van der Waals surface area (Å²) < 4.78 is 6.85. The molecule has 1 atom stereocenters. The molecule has 33 heavy (non-hydrogen) atoms. The third-order valence-electron chi connectivity index (χ3n) is 6.36. The van der Waals surface area contributed by atoms with E-state index < -0.39 is 0 Å². The second kappa shape index (κ2) is 8.68. The maximum Gasteiger partial charge on any atom is 0.260 e. The zero-order chi connectivity index (χ0) is 23.1. The summed E-state index contributed by atoms with van der Waals surface area (Å²) in [7, 11) is 0. The highest BCUT2D eigenvalue weighted by molar-refractivity contribution is 7.22. The lowest BCUT2D eigenvalue weighted by Crippen LogP contribution is -2.37. The van der Waals surface area contributed by atoms with E-state index in [0.29, 0.717) is 29.5 Å². The van der Waals surface area contributed by atoms with Crippen LogP contribution in [0.2, 0.25) is 0 Å². The molecule has 0 spiro atoms. The van der Waals surface area contributed by atoms with Crippen LogP contribution >= 0.6 is 11.3 Å². The van der Waals surface area contributed by atoms with Crippen molar-refractivity contribution in [2.24, 2.45) is 0 Å². The highest BCUT2D eigenvalue weighted by atomic mass is 32.1. The normalized spacial score (nSPS) is 18.5. The first-order valence-corrected chi connectivity index (χ1v) is 12.0. The Balaban J connectivity index is 1.53. The van der Waals surface area contributed by atoms with Crippen molar-refractivity contribution in [3.8, 4) is 0 Å². The number of aryl methyl sites for hydroxylation is 2. The van der Waals surface area contributed by atoms with E-state index >= 15 is 0 Å². The van der Waals surface area contributed by atoms with E-state index in [1.165, 1.54) is 16.2 Å². The van der Waals surface area contributed by atoms with E-state index in [2.05, 4.69) is 13.0 Å². The predicted molar refractivity (Wildman–Crippen MR) is 128 cm³/mol. The first-order chi connectivity index (χ1) is 15.9. The van der Waals surface area contributed by atoms with Gasteiger partial charge in [-0.2, -0.15) is 0 Å². The number of carbonyl (C=O) groups is 3. The van der Waals surface area contributed by atoms with Crippen molar-refractivity contribution in [1.29, 1.82) is 0 Å². The van der Waals surface area contributed by atoms with Gasteiger partial charge >= 0.3 is 0 Å². The van der Waals surface area contributed by atoms with Gasteiger partial charge in [0.2, 0.25) is 11.8 Å². The lowest BCUT2D eigenvalue weighted by molar-refractivity contribution is -0.121. The van der Waals surface area contributed by atoms with Crippen LogP contribution in [-0.2, 0) is 14.3 Å². The molecule has 2 saturated heterocycles. The number of imide groups is 1. The number of amides is 3. The molecular weight excluding hydrogens is 438 g/mol. The Bertz CT molecular complexity index is 1250. The van der Waals surface area contributed by atoms with Gasteiger partial charge in [0.1, 0.15) is 0 Å². The molecule has 3 amide bonds. The van der Waals surface area contributed by atoms with E-state index in [1.807, 2.05) is 13.0 Å². The minimum Gasteiger partial charge on any atom is -0.376 e. The predicted octanol–water partition coefficient (Wildman–Crippen LogP) is 4.39. The highest BCUT2D eigenvalue weighted by Crippen LogP contribution is 2.34. The van der Waals surface area contributed by atoms with E-state index in [1.54, 1.807) is 29.2 Å². The van der Waals surface area contributed by atoms with Gasteiger partial charge in [-0.1, -0.05) is 23.5 Å². The fourth-order valence-corrected chi connectivity index (χ4v) is 5.40. The molecule has 0 aliphatic carbocycles. The van der Waals surface area contributed by atoms with Crippen LogP contribution in [0.5, 0.6) is 0 Å². The van der Waals surface area contributed by atoms with Crippen molar-refractivity contribution in [2.45, 2.75) is 45.6 Å². The summed E-state index contributed by atoms with van der Waals surface area (Å²) in [6.45, 7) is 5.19. The highest BCUT2D eigenvalue weighted by Gasteiger charge is 2.32. The molecule has 3 aromatic rings. The zero-order valence-electron chi connectivity index (χ0n) is 18.7. The van der Waals surface area contributed by atoms with Crippen LogP contribution in [-0.4, -0.2) is 42.0 Å². The van der Waals surface area contributed by atoms with Gasteiger partial charge in [-0.3, -0.25) is 24.2 Å². The number of aromatic nitrogens is 1. The SMILES string of the molecule is Cc1ccc2sc(N(CC3CCCO3)C(=O)c3cccc(N4C(=O)CCC4=O)c3)nc2c1C. The summed E-state index contributed by atoms with van der Waals surface area (Å²) in [6, 6.07) is 10.8. The molecule has 170 valence electrons. The molecule has 5 rings (SSSR count). The van der Waals surface area contributed by atoms with Gasteiger partial charge in [0.15, 0.2) is 5.13 Å². The number of benzene rings is 2. The van der Waals surface area contributed by atoms with E-state index in [-0.39, 0.29) is 36.7 Å². The number of hydrogen-bond acceptors (Lipinski definition) is 6. The van der Waals surface area contributed by atoms with Crippen LogP contribution < -0.4 is 9.80 Å². The molecule has 0 bridgehead atoms. The number of thiazole rings is 1. The summed E-state index contributed by atoms with van der Waals surface area (Å²) >= 11 is 1.48. The van der Waals surface area contributed by atoms with Crippen molar-refractivity contribution < 1.29 is 19.1 Å². The topological polar surface area (TPSA) is 79.8 Å². The first kappa shape index (κ1) is 21.7. The largest absolute Gasteiger partial charge is 0.376 e. The monoisotopic (exact) mass is 463 g/mol. The average molecular weight is 464 g/mol. The third-order valence-corrected chi connectivity index (χ3v) is 7.41. The van der Waals surface area contributed by atoms with Crippen LogP contribution in [0.25, 0.3) is 10.2 Å². The Morgan fingerprint density at radius 1 is 1.18 bits per heavy atom.